The van der Waals surface area contributed by atoms with E-state index in [1.165, 1.54) is 23.1 Å². The predicted octanol–water partition coefficient (Wildman–Crippen LogP) is 5.54. The molecule has 1 aliphatic carbocycles. The van der Waals surface area contributed by atoms with Gasteiger partial charge in [-0.2, -0.15) is 0 Å². The van der Waals surface area contributed by atoms with E-state index < -0.39 is 0 Å². The minimum Gasteiger partial charge on any atom is -0.271 e. The lowest BCUT2D eigenvalue weighted by atomic mass is 9.94. The van der Waals surface area contributed by atoms with E-state index in [-0.39, 0.29) is 17.9 Å². The van der Waals surface area contributed by atoms with E-state index in [9.17, 15) is 9.59 Å². The van der Waals surface area contributed by atoms with Gasteiger partial charge in [0.25, 0.3) is 11.8 Å². The lowest BCUT2D eigenvalue weighted by molar-refractivity contribution is -0.139. The summed E-state index contributed by atoms with van der Waals surface area (Å²) in [6.07, 6.45) is 5.11. The lowest BCUT2D eigenvalue weighted by Crippen LogP contribution is -2.42. The van der Waals surface area contributed by atoms with Crippen LogP contribution in [0, 0.1) is 0 Å². The molecule has 0 saturated heterocycles. The first-order valence-electron chi connectivity index (χ1n) is 9.26. The molecule has 1 heterocycles. The standard InChI is InChI=1S/C22H20ClNO2S/c23-16-13-11-15(12-14-16)19-20(27-18-9-5-2-6-10-18)22(26)24(21(19)25)17-7-3-1-4-8-17/h2,5-6,9-14,17H,1,3-4,7-8H2. The van der Waals surface area contributed by atoms with Gasteiger partial charge in [0.15, 0.2) is 0 Å². The third-order valence-electron chi connectivity index (χ3n) is 5.11. The average Bonchev–Trinajstić information content (AvgIpc) is 2.94. The summed E-state index contributed by atoms with van der Waals surface area (Å²) in [4.78, 5) is 29.5. The molecule has 1 fully saturated rings. The summed E-state index contributed by atoms with van der Waals surface area (Å²) < 4.78 is 0. The minimum absolute atomic E-state index is 0.00919. The molecule has 27 heavy (non-hydrogen) atoms. The fraction of sp³-hybridized carbons (Fsp3) is 0.273. The van der Waals surface area contributed by atoms with Gasteiger partial charge in [-0.1, -0.05) is 73.0 Å². The van der Waals surface area contributed by atoms with Crippen LogP contribution in [0.25, 0.3) is 5.57 Å². The fourth-order valence-corrected chi connectivity index (χ4v) is 4.92. The van der Waals surface area contributed by atoms with E-state index in [0.29, 0.717) is 15.5 Å². The van der Waals surface area contributed by atoms with Crippen molar-refractivity contribution in [1.29, 1.82) is 0 Å². The van der Waals surface area contributed by atoms with Crippen molar-refractivity contribution in [3.05, 3.63) is 70.1 Å². The van der Waals surface area contributed by atoms with Crippen molar-refractivity contribution >= 4 is 40.8 Å². The molecule has 4 rings (SSSR count). The molecule has 0 spiro atoms. The van der Waals surface area contributed by atoms with Crippen LogP contribution in [-0.2, 0) is 9.59 Å². The molecule has 0 N–H and O–H groups in total. The molecular formula is C22H20ClNO2S. The molecule has 0 radical (unpaired) electrons. The minimum atomic E-state index is -0.173. The van der Waals surface area contributed by atoms with Gasteiger partial charge in [0, 0.05) is 16.0 Å². The maximum absolute atomic E-state index is 13.3. The number of thioether (sulfide) groups is 1. The van der Waals surface area contributed by atoms with E-state index >= 15 is 0 Å². The summed E-state index contributed by atoms with van der Waals surface area (Å²) in [6.45, 7) is 0. The van der Waals surface area contributed by atoms with Crippen molar-refractivity contribution in [3.8, 4) is 0 Å². The molecule has 5 heteroatoms. The monoisotopic (exact) mass is 397 g/mol. The summed E-state index contributed by atoms with van der Waals surface area (Å²) in [6, 6.07) is 16.9. The SMILES string of the molecule is O=C1C(Sc2ccccc2)=C(c2ccc(Cl)cc2)C(=O)N1C1CCCCC1. The number of imide groups is 1. The van der Waals surface area contributed by atoms with Crippen molar-refractivity contribution in [2.75, 3.05) is 0 Å². The molecule has 0 unspecified atom stereocenters. The van der Waals surface area contributed by atoms with E-state index in [4.69, 9.17) is 11.6 Å². The van der Waals surface area contributed by atoms with E-state index in [2.05, 4.69) is 0 Å². The number of halogens is 1. The number of hydrogen-bond acceptors (Lipinski definition) is 3. The Kier molecular flexibility index (Phi) is 5.37. The van der Waals surface area contributed by atoms with Gasteiger partial charge >= 0.3 is 0 Å². The van der Waals surface area contributed by atoms with E-state index in [0.717, 1.165) is 36.1 Å². The molecule has 2 aliphatic rings. The van der Waals surface area contributed by atoms with Crippen LogP contribution in [0.2, 0.25) is 5.02 Å². The zero-order valence-corrected chi connectivity index (χ0v) is 16.4. The van der Waals surface area contributed by atoms with E-state index in [1.807, 2.05) is 42.5 Å². The Bertz CT molecular complexity index is 886. The number of carbonyl (C=O) groups is 2. The van der Waals surface area contributed by atoms with E-state index in [1.54, 1.807) is 12.1 Å². The van der Waals surface area contributed by atoms with Crippen LogP contribution in [0.4, 0.5) is 0 Å². The molecule has 0 aromatic heterocycles. The number of hydrogen-bond donors (Lipinski definition) is 0. The first kappa shape index (κ1) is 18.3. The third kappa shape index (κ3) is 3.69. The highest BCUT2D eigenvalue weighted by Crippen LogP contribution is 2.42. The molecule has 3 nitrogen and oxygen atoms in total. The fourth-order valence-electron chi connectivity index (χ4n) is 3.77. The zero-order valence-electron chi connectivity index (χ0n) is 14.9. The Hall–Kier alpha value is -2.04. The Morgan fingerprint density at radius 1 is 0.852 bits per heavy atom. The van der Waals surface area contributed by atoms with Gasteiger partial charge in [0.1, 0.15) is 0 Å². The highest BCUT2D eigenvalue weighted by molar-refractivity contribution is 8.04. The quantitative estimate of drug-likeness (QED) is 0.635. The Morgan fingerprint density at radius 3 is 2.19 bits per heavy atom. The Labute approximate surface area is 168 Å². The summed E-state index contributed by atoms with van der Waals surface area (Å²) >= 11 is 7.39. The number of rotatable bonds is 4. The summed E-state index contributed by atoms with van der Waals surface area (Å²) in [5, 5.41) is 0.609. The van der Waals surface area contributed by atoms with Crippen molar-refractivity contribution in [2.45, 2.75) is 43.0 Å². The van der Waals surface area contributed by atoms with Crippen molar-refractivity contribution in [1.82, 2.24) is 4.90 Å². The zero-order chi connectivity index (χ0) is 18.8. The third-order valence-corrected chi connectivity index (χ3v) is 6.45. The second-order valence-corrected chi connectivity index (χ2v) is 8.42. The van der Waals surface area contributed by atoms with Crippen LogP contribution >= 0.6 is 23.4 Å². The van der Waals surface area contributed by atoms with Crippen LogP contribution in [0.3, 0.4) is 0 Å². The van der Waals surface area contributed by atoms with Gasteiger partial charge in [-0.05, 0) is 42.7 Å². The van der Waals surface area contributed by atoms with Crippen molar-refractivity contribution < 1.29 is 9.59 Å². The second-order valence-electron chi connectivity index (χ2n) is 6.90. The molecule has 1 saturated carbocycles. The van der Waals surface area contributed by atoms with Gasteiger partial charge in [-0.15, -0.1) is 0 Å². The Balaban J connectivity index is 1.75. The van der Waals surface area contributed by atoms with Gasteiger partial charge in [0.05, 0.1) is 10.5 Å². The summed E-state index contributed by atoms with van der Waals surface area (Å²) in [5.74, 6) is -0.335. The second kappa shape index (κ2) is 7.91. The van der Waals surface area contributed by atoms with Gasteiger partial charge < -0.3 is 0 Å². The summed E-state index contributed by atoms with van der Waals surface area (Å²) in [7, 11) is 0. The number of nitrogens with zero attached hydrogens (tertiary/aromatic N) is 1. The maximum atomic E-state index is 13.3. The first-order chi connectivity index (χ1) is 13.1. The van der Waals surface area contributed by atoms with Crippen LogP contribution in [0.1, 0.15) is 37.7 Å². The summed E-state index contributed by atoms with van der Waals surface area (Å²) in [5.41, 5.74) is 1.24. The van der Waals surface area contributed by atoms with Crippen LogP contribution < -0.4 is 0 Å². The largest absolute Gasteiger partial charge is 0.271 e. The van der Waals surface area contributed by atoms with Crippen LogP contribution in [0.5, 0.6) is 0 Å². The topological polar surface area (TPSA) is 37.4 Å². The number of benzene rings is 2. The molecule has 0 bridgehead atoms. The smallest absolute Gasteiger partial charge is 0.268 e. The highest BCUT2D eigenvalue weighted by atomic mass is 35.5. The van der Waals surface area contributed by atoms with Gasteiger partial charge in [-0.3, -0.25) is 14.5 Å². The van der Waals surface area contributed by atoms with Gasteiger partial charge in [-0.25, -0.2) is 0 Å². The average molecular weight is 398 g/mol. The van der Waals surface area contributed by atoms with Crippen molar-refractivity contribution in [2.24, 2.45) is 0 Å². The Morgan fingerprint density at radius 2 is 1.52 bits per heavy atom. The molecule has 1 aliphatic heterocycles. The van der Waals surface area contributed by atoms with Crippen LogP contribution in [0.15, 0.2) is 64.4 Å². The maximum Gasteiger partial charge on any atom is 0.268 e. The molecule has 2 aromatic rings. The number of amides is 2. The van der Waals surface area contributed by atoms with Crippen LogP contribution in [-0.4, -0.2) is 22.8 Å². The highest BCUT2D eigenvalue weighted by Gasteiger charge is 2.43. The number of carbonyl (C=O) groups excluding carboxylic acids is 2. The lowest BCUT2D eigenvalue weighted by Gasteiger charge is -2.29. The molecule has 0 atom stereocenters. The van der Waals surface area contributed by atoms with Gasteiger partial charge in [0.2, 0.25) is 0 Å². The molecule has 2 amide bonds. The molecular weight excluding hydrogens is 378 g/mol. The first-order valence-corrected chi connectivity index (χ1v) is 10.5. The normalized spacial score (nSPS) is 18.5. The van der Waals surface area contributed by atoms with Crippen molar-refractivity contribution in [3.63, 3.8) is 0 Å². The molecule has 2 aromatic carbocycles. The predicted molar refractivity (Wildman–Crippen MR) is 109 cm³/mol. The molecule has 138 valence electrons.